The second-order valence-corrected chi connectivity index (χ2v) is 8.86. The molecule has 3 aliphatic rings. The predicted octanol–water partition coefficient (Wildman–Crippen LogP) is 2.99. The first kappa shape index (κ1) is 25.1. The van der Waals surface area contributed by atoms with Crippen molar-refractivity contribution in [1.29, 1.82) is 0 Å². The molecular weight excluding hydrogens is 517 g/mol. The van der Waals surface area contributed by atoms with Gasteiger partial charge in [0.1, 0.15) is 0 Å². The summed E-state index contributed by atoms with van der Waals surface area (Å²) in [4.78, 5) is 21.9. The molecule has 0 spiro atoms. The van der Waals surface area contributed by atoms with Gasteiger partial charge in [0.2, 0.25) is 5.91 Å². The molecule has 2 heterocycles. The second-order valence-electron chi connectivity index (χ2n) is 8.86. The van der Waals surface area contributed by atoms with E-state index >= 15 is 0 Å². The molecule has 1 aliphatic carbocycles. The van der Waals surface area contributed by atoms with Crippen molar-refractivity contribution in [2.45, 2.75) is 51.6 Å². The van der Waals surface area contributed by atoms with E-state index in [0.717, 1.165) is 71.2 Å². The van der Waals surface area contributed by atoms with E-state index in [4.69, 9.17) is 9.73 Å². The summed E-state index contributed by atoms with van der Waals surface area (Å²) in [7, 11) is 0. The number of hydrogen-bond acceptors (Lipinski definition) is 4. The SMILES string of the molecule is CCNC(=NCc1ccc(N2CCOCC2)cc1)NC1CCN(C(=O)C2CCCC2)C1.I. The molecule has 2 saturated heterocycles. The van der Waals surface area contributed by atoms with Crippen molar-refractivity contribution in [2.24, 2.45) is 10.9 Å². The summed E-state index contributed by atoms with van der Waals surface area (Å²) < 4.78 is 5.44. The number of anilines is 1. The average molecular weight is 556 g/mol. The molecule has 0 bridgehead atoms. The van der Waals surface area contributed by atoms with Crippen molar-refractivity contribution in [1.82, 2.24) is 15.5 Å². The van der Waals surface area contributed by atoms with Crippen LogP contribution >= 0.6 is 24.0 Å². The zero-order valence-corrected chi connectivity index (χ0v) is 21.6. The van der Waals surface area contributed by atoms with Crippen LogP contribution in [-0.2, 0) is 16.1 Å². The Bertz CT molecular complexity index is 745. The molecule has 2 aliphatic heterocycles. The lowest BCUT2D eigenvalue weighted by molar-refractivity contribution is -0.134. The van der Waals surface area contributed by atoms with Gasteiger partial charge in [0, 0.05) is 50.4 Å². The topological polar surface area (TPSA) is 69.2 Å². The van der Waals surface area contributed by atoms with Crippen LogP contribution in [0.25, 0.3) is 0 Å². The number of carbonyl (C=O) groups is 1. The lowest BCUT2D eigenvalue weighted by atomic mass is 10.1. The van der Waals surface area contributed by atoms with Gasteiger partial charge in [-0.1, -0.05) is 25.0 Å². The van der Waals surface area contributed by atoms with Crippen LogP contribution in [0.5, 0.6) is 0 Å². The zero-order valence-electron chi connectivity index (χ0n) is 19.2. The van der Waals surface area contributed by atoms with E-state index in [1.54, 1.807) is 0 Å². The molecule has 0 radical (unpaired) electrons. The van der Waals surface area contributed by atoms with Gasteiger partial charge in [-0.25, -0.2) is 4.99 Å². The molecular formula is C24H38IN5O2. The van der Waals surface area contributed by atoms with Crippen LogP contribution in [0, 0.1) is 5.92 Å². The van der Waals surface area contributed by atoms with Gasteiger partial charge in [0.05, 0.1) is 19.8 Å². The number of halogens is 1. The molecule has 8 heteroatoms. The summed E-state index contributed by atoms with van der Waals surface area (Å²) in [5.74, 6) is 1.46. The molecule has 0 aromatic heterocycles. The zero-order chi connectivity index (χ0) is 21.5. The molecule has 178 valence electrons. The number of aliphatic imine (C=N–C) groups is 1. The molecule has 32 heavy (non-hydrogen) atoms. The van der Waals surface area contributed by atoms with Crippen molar-refractivity contribution in [3.05, 3.63) is 29.8 Å². The van der Waals surface area contributed by atoms with E-state index < -0.39 is 0 Å². The monoisotopic (exact) mass is 555 g/mol. The molecule has 1 aromatic rings. The number of benzene rings is 1. The van der Waals surface area contributed by atoms with Gasteiger partial charge < -0.3 is 25.2 Å². The third kappa shape index (κ3) is 6.73. The Kier molecular flexibility index (Phi) is 9.90. The number of ether oxygens (including phenoxy) is 1. The summed E-state index contributed by atoms with van der Waals surface area (Å²) in [6.45, 7) is 8.68. The van der Waals surface area contributed by atoms with Gasteiger partial charge in [-0.15, -0.1) is 24.0 Å². The van der Waals surface area contributed by atoms with Gasteiger partial charge in [-0.2, -0.15) is 0 Å². The highest BCUT2D eigenvalue weighted by Gasteiger charge is 2.32. The standard InChI is InChI=1S/C24H37N5O2.HI/c1-2-25-24(27-21-11-12-29(18-21)23(30)20-5-3-4-6-20)26-17-19-7-9-22(10-8-19)28-13-15-31-16-14-28;/h7-10,20-21H,2-6,11-18H2,1H3,(H2,25,26,27);1H. The highest BCUT2D eigenvalue weighted by atomic mass is 127. The van der Waals surface area contributed by atoms with E-state index in [1.165, 1.54) is 24.1 Å². The molecule has 7 nitrogen and oxygen atoms in total. The fourth-order valence-electron chi connectivity index (χ4n) is 4.83. The van der Waals surface area contributed by atoms with E-state index in [-0.39, 0.29) is 35.9 Å². The Labute approximate surface area is 209 Å². The Morgan fingerprint density at radius 2 is 1.81 bits per heavy atom. The number of likely N-dealkylation sites (tertiary alicyclic amines) is 1. The molecule has 1 atom stereocenters. The minimum atomic E-state index is 0. The minimum absolute atomic E-state index is 0. The van der Waals surface area contributed by atoms with Crippen LogP contribution in [0.4, 0.5) is 5.69 Å². The van der Waals surface area contributed by atoms with Crippen LogP contribution in [-0.4, -0.2) is 68.7 Å². The quantitative estimate of drug-likeness (QED) is 0.321. The number of rotatable bonds is 6. The first-order chi connectivity index (χ1) is 15.2. The van der Waals surface area contributed by atoms with Crippen molar-refractivity contribution in [3.63, 3.8) is 0 Å². The molecule has 2 N–H and O–H groups in total. The van der Waals surface area contributed by atoms with Crippen molar-refractivity contribution in [2.75, 3.05) is 50.8 Å². The lowest BCUT2D eigenvalue weighted by Crippen LogP contribution is -2.45. The fourth-order valence-corrected chi connectivity index (χ4v) is 4.83. The second kappa shape index (κ2) is 12.6. The number of nitrogens with zero attached hydrogens (tertiary/aromatic N) is 3. The molecule has 1 unspecified atom stereocenters. The lowest BCUT2D eigenvalue weighted by Gasteiger charge is -2.28. The summed E-state index contributed by atoms with van der Waals surface area (Å²) in [5, 5.41) is 6.90. The number of guanidine groups is 1. The fraction of sp³-hybridized carbons (Fsp3) is 0.667. The average Bonchev–Trinajstić information content (AvgIpc) is 3.51. The molecule has 3 fully saturated rings. The van der Waals surface area contributed by atoms with Crippen molar-refractivity contribution < 1.29 is 9.53 Å². The van der Waals surface area contributed by atoms with Crippen molar-refractivity contribution >= 4 is 41.5 Å². The molecule has 1 aromatic carbocycles. The third-order valence-electron chi connectivity index (χ3n) is 6.62. The number of hydrogen-bond donors (Lipinski definition) is 2. The Morgan fingerprint density at radius 3 is 2.50 bits per heavy atom. The van der Waals surface area contributed by atoms with Gasteiger partial charge in [0.25, 0.3) is 0 Å². The Morgan fingerprint density at radius 1 is 1.09 bits per heavy atom. The van der Waals surface area contributed by atoms with Crippen LogP contribution < -0.4 is 15.5 Å². The highest BCUT2D eigenvalue weighted by molar-refractivity contribution is 14.0. The minimum Gasteiger partial charge on any atom is -0.378 e. The molecule has 1 saturated carbocycles. The smallest absolute Gasteiger partial charge is 0.225 e. The maximum atomic E-state index is 12.7. The van der Waals surface area contributed by atoms with Crippen LogP contribution in [0.2, 0.25) is 0 Å². The highest BCUT2D eigenvalue weighted by Crippen LogP contribution is 2.27. The number of nitrogens with one attached hydrogen (secondary N) is 2. The number of morpholine rings is 1. The van der Waals surface area contributed by atoms with E-state index in [9.17, 15) is 4.79 Å². The summed E-state index contributed by atoms with van der Waals surface area (Å²) in [5.41, 5.74) is 2.44. The maximum Gasteiger partial charge on any atom is 0.225 e. The largest absolute Gasteiger partial charge is 0.378 e. The van der Waals surface area contributed by atoms with Gasteiger partial charge in [0.15, 0.2) is 5.96 Å². The van der Waals surface area contributed by atoms with Crippen LogP contribution in [0.1, 0.15) is 44.6 Å². The number of carbonyl (C=O) groups excluding carboxylic acids is 1. The molecule has 4 rings (SSSR count). The Balaban J connectivity index is 0.00000289. The Hall–Kier alpha value is -1.55. The summed E-state index contributed by atoms with van der Waals surface area (Å²) >= 11 is 0. The summed E-state index contributed by atoms with van der Waals surface area (Å²) in [6, 6.07) is 8.96. The van der Waals surface area contributed by atoms with E-state index in [2.05, 4.69) is 51.6 Å². The maximum absolute atomic E-state index is 12.7. The number of amides is 1. The summed E-state index contributed by atoms with van der Waals surface area (Å²) in [6.07, 6.45) is 5.54. The van der Waals surface area contributed by atoms with Gasteiger partial charge in [-0.05, 0) is 43.9 Å². The van der Waals surface area contributed by atoms with Crippen molar-refractivity contribution in [3.8, 4) is 0 Å². The third-order valence-corrected chi connectivity index (χ3v) is 6.62. The van der Waals surface area contributed by atoms with Crippen LogP contribution in [0.3, 0.4) is 0 Å². The molecule has 1 amide bonds. The normalized spacial score (nSPS) is 22.0. The van der Waals surface area contributed by atoms with Gasteiger partial charge >= 0.3 is 0 Å². The first-order valence-electron chi connectivity index (χ1n) is 12.0. The first-order valence-corrected chi connectivity index (χ1v) is 12.0. The van der Waals surface area contributed by atoms with Gasteiger partial charge in [-0.3, -0.25) is 4.79 Å². The van der Waals surface area contributed by atoms with E-state index in [1.807, 2.05) is 0 Å². The predicted molar refractivity (Wildman–Crippen MR) is 140 cm³/mol. The van der Waals surface area contributed by atoms with Crippen LogP contribution in [0.15, 0.2) is 29.3 Å². The van der Waals surface area contributed by atoms with E-state index in [0.29, 0.717) is 12.5 Å².